The maximum absolute atomic E-state index is 9.01. The molecule has 1 nitrogen and oxygen atoms in total. The number of hydrogen-bond acceptors (Lipinski definition) is 1. The summed E-state index contributed by atoms with van der Waals surface area (Å²) in [5.41, 5.74) is 0.634. The van der Waals surface area contributed by atoms with E-state index in [4.69, 9.17) is 5.11 Å². The van der Waals surface area contributed by atoms with Crippen molar-refractivity contribution in [1.29, 1.82) is 0 Å². The van der Waals surface area contributed by atoms with E-state index in [1.807, 2.05) is 0 Å². The fourth-order valence-electron chi connectivity index (χ4n) is 2.78. The van der Waals surface area contributed by atoms with Crippen molar-refractivity contribution in [3.05, 3.63) is 0 Å². The predicted octanol–water partition coefficient (Wildman–Crippen LogP) is 1.95. The minimum Gasteiger partial charge on any atom is -0.396 e. The van der Waals surface area contributed by atoms with Crippen LogP contribution in [0.15, 0.2) is 0 Å². The van der Waals surface area contributed by atoms with Crippen molar-refractivity contribution in [3.63, 3.8) is 0 Å². The summed E-state index contributed by atoms with van der Waals surface area (Å²) in [6, 6.07) is 0. The first-order chi connectivity index (χ1) is 4.87. The highest BCUT2D eigenvalue weighted by Crippen LogP contribution is 2.56. The van der Waals surface area contributed by atoms with Crippen LogP contribution in [0, 0.1) is 11.3 Å². The van der Waals surface area contributed by atoms with E-state index in [0.717, 1.165) is 0 Å². The molecule has 2 aliphatic carbocycles. The lowest BCUT2D eigenvalue weighted by Crippen LogP contribution is -2.39. The standard InChI is InChI=1S/C9H16O/c10-7-8-3-6-9(8)4-1-2-5-9/h8,10H,1-7H2. The molecule has 1 heteroatoms. The van der Waals surface area contributed by atoms with Crippen LogP contribution in [0.1, 0.15) is 38.5 Å². The maximum atomic E-state index is 9.01. The van der Waals surface area contributed by atoms with Gasteiger partial charge in [0.2, 0.25) is 0 Å². The molecule has 0 heterocycles. The van der Waals surface area contributed by atoms with E-state index in [1.165, 1.54) is 38.5 Å². The topological polar surface area (TPSA) is 20.2 Å². The van der Waals surface area contributed by atoms with E-state index >= 15 is 0 Å². The molecule has 1 atom stereocenters. The minimum absolute atomic E-state index is 0.444. The summed E-state index contributed by atoms with van der Waals surface area (Å²) < 4.78 is 0. The molecular formula is C9H16O. The summed E-state index contributed by atoms with van der Waals surface area (Å²) in [6.07, 6.45) is 8.32. The second kappa shape index (κ2) is 2.23. The number of aliphatic hydroxyl groups excluding tert-OH is 1. The molecule has 0 radical (unpaired) electrons. The largest absolute Gasteiger partial charge is 0.396 e. The lowest BCUT2D eigenvalue weighted by molar-refractivity contribution is -0.00551. The lowest BCUT2D eigenvalue weighted by atomic mass is 9.59. The van der Waals surface area contributed by atoms with Crippen LogP contribution in [0.25, 0.3) is 0 Å². The first-order valence-corrected chi connectivity index (χ1v) is 4.48. The molecule has 2 saturated carbocycles. The van der Waals surface area contributed by atoms with Gasteiger partial charge in [0.25, 0.3) is 0 Å². The van der Waals surface area contributed by atoms with Crippen LogP contribution >= 0.6 is 0 Å². The molecule has 1 N–H and O–H groups in total. The third kappa shape index (κ3) is 0.731. The first-order valence-electron chi connectivity index (χ1n) is 4.48. The zero-order valence-corrected chi connectivity index (χ0v) is 6.47. The van der Waals surface area contributed by atoms with Crippen molar-refractivity contribution >= 4 is 0 Å². The molecule has 2 aliphatic rings. The summed E-state index contributed by atoms with van der Waals surface area (Å²) in [5, 5.41) is 9.01. The van der Waals surface area contributed by atoms with Gasteiger partial charge in [0.05, 0.1) is 0 Å². The molecule has 10 heavy (non-hydrogen) atoms. The Morgan fingerprint density at radius 1 is 1.20 bits per heavy atom. The summed E-state index contributed by atoms with van der Waals surface area (Å²) in [4.78, 5) is 0. The highest BCUT2D eigenvalue weighted by atomic mass is 16.3. The quantitative estimate of drug-likeness (QED) is 0.590. The highest BCUT2D eigenvalue weighted by Gasteiger charge is 2.47. The van der Waals surface area contributed by atoms with Gasteiger partial charge in [-0.1, -0.05) is 12.8 Å². The van der Waals surface area contributed by atoms with Gasteiger partial charge in [-0.05, 0) is 37.0 Å². The third-order valence-corrected chi connectivity index (χ3v) is 3.68. The Morgan fingerprint density at radius 2 is 1.90 bits per heavy atom. The number of aliphatic hydroxyl groups is 1. The summed E-state index contributed by atoms with van der Waals surface area (Å²) in [6.45, 7) is 0.444. The summed E-state index contributed by atoms with van der Waals surface area (Å²) >= 11 is 0. The van der Waals surface area contributed by atoms with E-state index in [2.05, 4.69) is 0 Å². The fourth-order valence-corrected chi connectivity index (χ4v) is 2.78. The molecule has 1 spiro atoms. The molecule has 0 aliphatic heterocycles. The molecule has 0 bridgehead atoms. The van der Waals surface area contributed by atoms with Crippen molar-refractivity contribution in [2.24, 2.45) is 11.3 Å². The van der Waals surface area contributed by atoms with Gasteiger partial charge in [0.15, 0.2) is 0 Å². The Labute approximate surface area is 62.4 Å². The predicted molar refractivity (Wildman–Crippen MR) is 40.7 cm³/mol. The third-order valence-electron chi connectivity index (χ3n) is 3.68. The highest BCUT2D eigenvalue weighted by molar-refractivity contribution is 4.97. The monoisotopic (exact) mass is 140 g/mol. The van der Waals surface area contributed by atoms with Gasteiger partial charge in [0, 0.05) is 6.61 Å². The molecule has 2 fully saturated rings. The Bertz CT molecular complexity index is 123. The Balaban J connectivity index is 2.01. The fraction of sp³-hybridized carbons (Fsp3) is 1.00. The van der Waals surface area contributed by atoms with Crippen LogP contribution in [0.2, 0.25) is 0 Å². The zero-order chi connectivity index (χ0) is 7.03. The second-order valence-corrected chi connectivity index (χ2v) is 3.99. The van der Waals surface area contributed by atoms with Crippen molar-refractivity contribution in [2.75, 3.05) is 6.61 Å². The van der Waals surface area contributed by atoms with Crippen molar-refractivity contribution < 1.29 is 5.11 Å². The van der Waals surface area contributed by atoms with E-state index in [1.54, 1.807) is 0 Å². The molecule has 0 saturated heterocycles. The molecule has 1 unspecified atom stereocenters. The molecule has 0 aromatic carbocycles. The van der Waals surface area contributed by atoms with Gasteiger partial charge >= 0.3 is 0 Å². The van der Waals surface area contributed by atoms with Crippen LogP contribution in [0.5, 0.6) is 0 Å². The average Bonchev–Trinajstić information content (AvgIpc) is 2.35. The normalized spacial score (nSPS) is 36.3. The molecule has 0 amide bonds. The van der Waals surface area contributed by atoms with Gasteiger partial charge in [-0.3, -0.25) is 0 Å². The van der Waals surface area contributed by atoms with E-state index < -0.39 is 0 Å². The van der Waals surface area contributed by atoms with Gasteiger partial charge in [-0.15, -0.1) is 0 Å². The smallest absolute Gasteiger partial charge is 0.0464 e. The van der Waals surface area contributed by atoms with Crippen molar-refractivity contribution in [1.82, 2.24) is 0 Å². The van der Waals surface area contributed by atoms with Crippen LogP contribution in [-0.4, -0.2) is 11.7 Å². The zero-order valence-electron chi connectivity index (χ0n) is 6.47. The number of hydrogen-bond donors (Lipinski definition) is 1. The Hall–Kier alpha value is -0.0400. The summed E-state index contributed by atoms with van der Waals surface area (Å²) in [7, 11) is 0. The van der Waals surface area contributed by atoms with Crippen LogP contribution < -0.4 is 0 Å². The van der Waals surface area contributed by atoms with Gasteiger partial charge in [-0.25, -0.2) is 0 Å². The molecule has 2 rings (SSSR count). The second-order valence-electron chi connectivity index (χ2n) is 3.99. The Morgan fingerprint density at radius 3 is 2.30 bits per heavy atom. The van der Waals surface area contributed by atoms with Crippen molar-refractivity contribution in [3.8, 4) is 0 Å². The lowest BCUT2D eigenvalue weighted by Gasteiger charge is -2.46. The average molecular weight is 140 g/mol. The van der Waals surface area contributed by atoms with Crippen LogP contribution in [0.4, 0.5) is 0 Å². The van der Waals surface area contributed by atoms with E-state index in [9.17, 15) is 0 Å². The minimum atomic E-state index is 0.444. The maximum Gasteiger partial charge on any atom is 0.0464 e. The van der Waals surface area contributed by atoms with Gasteiger partial charge in [0.1, 0.15) is 0 Å². The first kappa shape index (κ1) is 6.66. The molecule has 0 aromatic rings. The Kier molecular flexibility index (Phi) is 1.48. The molecule has 58 valence electrons. The van der Waals surface area contributed by atoms with Gasteiger partial charge in [-0.2, -0.15) is 0 Å². The number of rotatable bonds is 1. The van der Waals surface area contributed by atoms with E-state index in [0.29, 0.717) is 17.9 Å². The SMILES string of the molecule is OCC1CCC12CCCC2. The summed E-state index contributed by atoms with van der Waals surface area (Å²) in [5.74, 6) is 0.676. The van der Waals surface area contributed by atoms with E-state index in [-0.39, 0.29) is 0 Å². The van der Waals surface area contributed by atoms with Crippen LogP contribution in [-0.2, 0) is 0 Å². The van der Waals surface area contributed by atoms with Gasteiger partial charge < -0.3 is 5.11 Å². The molecule has 0 aromatic heterocycles. The van der Waals surface area contributed by atoms with Crippen LogP contribution in [0.3, 0.4) is 0 Å². The van der Waals surface area contributed by atoms with Crippen molar-refractivity contribution in [2.45, 2.75) is 38.5 Å². The molecular weight excluding hydrogens is 124 g/mol.